The molecule has 0 radical (unpaired) electrons. The van der Waals surface area contributed by atoms with E-state index in [2.05, 4.69) is 259 Å². The molecule has 4 nitrogen and oxygen atoms in total. The highest BCUT2D eigenvalue weighted by atomic mass is 15.4. The molecule has 0 unspecified atom stereocenters. The summed E-state index contributed by atoms with van der Waals surface area (Å²) in [5.41, 5.74) is 23.7. The van der Waals surface area contributed by atoms with Crippen LogP contribution in [0.3, 0.4) is 0 Å². The molecule has 2 aromatic heterocycles. The lowest BCUT2D eigenvalue weighted by atomic mass is 9.90. The van der Waals surface area contributed by atoms with Gasteiger partial charge in [-0.25, -0.2) is 0 Å². The molecule has 0 saturated carbocycles. The third-order valence-electron chi connectivity index (χ3n) is 14.2. The number of aromatic nitrogens is 2. The fourth-order valence-electron chi connectivity index (χ4n) is 10.3. The maximum atomic E-state index is 5.08. The topological polar surface area (TPSA) is 32.3 Å². The zero-order valence-corrected chi connectivity index (χ0v) is 40.7. The number of hydrogen-bond donors (Lipinski definition) is 0. The highest BCUT2D eigenvalue weighted by molar-refractivity contribution is 5.87. The molecule has 0 saturated heterocycles. The van der Waals surface area contributed by atoms with E-state index >= 15 is 0 Å². The lowest BCUT2D eigenvalue weighted by Crippen LogP contribution is -2.23. The molecule has 1 aliphatic rings. The van der Waals surface area contributed by atoms with Crippen LogP contribution in [0, 0.1) is 0 Å². The third kappa shape index (κ3) is 9.97. The molecule has 12 rings (SSSR count). The van der Waals surface area contributed by atoms with Gasteiger partial charge in [0.05, 0.1) is 22.8 Å². The van der Waals surface area contributed by atoms with Crippen molar-refractivity contribution in [2.24, 2.45) is 0 Å². The van der Waals surface area contributed by atoms with E-state index in [1.807, 2.05) is 18.5 Å². The summed E-state index contributed by atoms with van der Waals surface area (Å²) in [6, 6.07) is 91.8. The average molecular weight is 939 g/mol. The van der Waals surface area contributed by atoms with E-state index in [0.29, 0.717) is 0 Å². The van der Waals surface area contributed by atoms with Crippen LogP contribution < -0.4 is 9.80 Å². The number of nitrogens with zero attached hydrogens (tertiary/aromatic N) is 4. The molecule has 73 heavy (non-hydrogen) atoms. The Morgan fingerprint density at radius 2 is 0.726 bits per heavy atom. The molecular formula is C69H54N4. The van der Waals surface area contributed by atoms with E-state index in [4.69, 9.17) is 9.97 Å². The molecule has 0 fully saturated rings. The number of pyridine rings is 2. The highest BCUT2D eigenvalue weighted by Gasteiger charge is 2.27. The molecule has 1 aliphatic heterocycles. The molecule has 350 valence electrons. The Balaban J connectivity index is 0.801. The van der Waals surface area contributed by atoms with Crippen LogP contribution >= 0.6 is 0 Å². The molecule has 0 spiro atoms. The molecule has 0 N–H and O–H groups in total. The van der Waals surface area contributed by atoms with Crippen molar-refractivity contribution in [2.75, 3.05) is 16.5 Å². The van der Waals surface area contributed by atoms with Gasteiger partial charge in [0.1, 0.15) is 6.67 Å². The van der Waals surface area contributed by atoms with Gasteiger partial charge in [0.25, 0.3) is 0 Å². The number of fused-ring (bicyclic) bond motifs is 1. The number of hydrogen-bond acceptors (Lipinski definition) is 4. The van der Waals surface area contributed by atoms with Gasteiger partial charge in [0, 0.05) is 40.5 Å². The third-order valence-corrected chi connectivity index (χ3v) is 14.2. The van der Waals surface area contributed by atoms with Crippen molar-refractivity contribution in [3.8, 4) is 67.0 Å². The molecule has 0 bridgehead atoms. The van der Waals surface area contributed by atoms with Gasteiger partial charge in [0.2, 0.25) is 0 Å². The summed E-state index contributed by atoms with van der Waals surface area (Å²) >= 11 is 0. The first-order valence-electron chi connectivity index (χ1n) is 25.4. The van der Waals surface area contributed by atoms with Crippen LogP contribution in [0.2, 0.25) is 0 Å². The Bertz CT molecular complexity index is 3610. The van der Waals surface area contributed by atoms with E-state index in [9.17, 15) is 0 Å². The Morgan fingerprint density at radius 1 is 0.274 bits per heavy atom. The Morgan fingerprint density at radius 3 is 1.36 bits per heavy atom. The quantitative estimate of drug-likeness (QED) is 0.109. The van der Waals surface area contributed by atoms with Crippen molar-refractivity contribution >= 4 is 22.7 Å². The van der Waals surface area contributed by atoms with E-state index in [1.54, 1.807) is 0 Å². The maximum absolute atomic E-state index is 5.08. The van der Waals surface area contributed by atoms with Gasteiger partial charge in [-0.1, -0.05) is 200 Å². The summed E-state index contributed by atoms with van der Waals surface area (Å²) in [7, 11) is 0. The number of benzene rings is 9. The summed E-state index contributed by atoms with van der Waals surface area (Å²) < 4.78 is 0. The number of aryl methyl sites for hydroxylation is 4. The molecule has 3 heterocycles. The molecular weight excluding hydrogens is 885 g/mol. The monoisotopic (exact) mass is 938 g/mol. The second kappa shape index (κ2) is 20.7. The molecule has 9 aromatic carbocycles. The lowest BCUT2D eigenvalue weighted by molar-refractivity contribution is 0.926. The van der Waals surface area contributed by atoms with Crippen molar-refractivity contribution in [3.05, 3.63) is 289 Å². The van der Waals surface area contributed by atoms with Gasteiger partial charge in [0.15, 0.2) is 0 Å². The lowest BCUT2D eigenvalue weighted by Gasteiger charge is -2.22. The predicted molar refractivity (Wildman–Crippen MR) is 304 cm³/mol. The first-order valence-corrected chi connectivity index (χ1v) is 25.4. The van der Waals surface area contributed by atoms with Crippen LogP contribution in [0.25, 0.3) is 67.0 Å². The van der Waals surface area contributed by atoms with Crippen molar-refractivity contribution in [3.63, 3.8) is 0 Å². The van der Waals surface area contributed by atoms with Crippen LogP contribution in [-0.2, 0) is 25.7 Å². The summed E-state index contributed by atoms with van der Waals surface area (Å²) in [6.45, 7) is 0.770. The molecule has 11 aromatic rings. The molecule has 0 aliphatic carbocycles. The van der Waals surface area contributed by atoms with Gasteiger partial charge >= 0.3 is 0 Å². The fraction of sp³-hybridized carbons (Fsp3) is 0.0725. The Labute approximate surface area is 429 Å². The first kappa shape index (κ1) is 45.0. The zero-order chi connectivity index (χ0) is 48.8. The van der Waals surface area contributed by atoms with Gasteiger partial charge in [-0.3, -0.25) is 9.97 Å². The minimum Gasteiger partial charge on any atom is -0.321 e. The number of anilines is 4. The molecule has 0 amide bonds. The van der Waals surface area contributed by atoms with Crippen molar-refractivity contribution in [1.82, 2.24) is 9.97 Å². The van der Waals surface area contributed by atoms with Crippen LogP contribution in [0.5, 0.6) is 0 Å². The van der Waals surface area contributed by atoms with Crippen molar-refractivity contribution in [1.29, 1.82) is 0 Å². The SMILES string of the molecule is c1ccc(-c2ccc(-c3cccc(-c4ccc(-c5ccccc5-c5cc(CCc6ccc(N7CN(c8ccccc8)c8ccccc87)cc6)cc(CCc6ccc(-c7ccccc7)nc6)c5)cn4)c3)cc2)cc1. The maximum Gasteiger partial charge on any atom is 0.100 e. The summed E-state index contributed by atoms with van der Waals surface area (Å²) in [6.07, 6.45) is 7.76. The van der Waals surface area contributed by atoms with Gasteiger partial charge in [-0.2, -0.15) is 0 Å². The Hall–Kier alpha value is -9.12. The first-order chi connectivity index (χ1) is 36.1. The average Bonchev–Trinajstić information content (AvgIpc) is 3.87. The number of para-hydroxylation sites is 3. The van der Waals surface area contributed by atoms with Gasteiger partial charge in [-0.05, 0) is 141 Å². The summed E-state index contributed by atoms with van der Waals surface area (Å²) in [5, 5.41) is 0. The predicted octanol–water partition coefficient (Wildman–Crippen LogP) is 17.3. The zero-order valence-electron chi connectivity index (χ0n) is 40.7. The summed E-state index contributed by atoms with van der Waals surface area (Å²) in [5.74, 6) is 0. The van der Waals surface area contributed by atoms with Crippen LogP contribution in [0.1, 0.15) is 22.3 Å². The largest absolute Gasteiger partial charge is 0.321 e. The normalized spacial score (nSPS) is 11.9. The second-order valence-corrected chi connectivity index (χ2v) is 18.9. The molecule has 4 heteroatoms. The standard InChI is InChI=1S/C69H54N4/c1-4-15-54(16-5-1)55-34-36-56(37-35-55)58-19-14-20-59(46-58)67-42-38-60(48-71-67)64-23-10-11-24-65(64)61-44-52(43-53(45-61)30-28-51-33-41-66(70-47-51)57-17-6-2-7-18-57)29-27-50-31-39-63(40-32-50)73-49-72(62-21-8-3-9-22-62)68-25-12-13-26-69(68)73/h1-26,31-48H,27-30,49H2. The second-order valence-electron chi connectivity index (χ2n) is 18.9. The Kier molecular flexibility index (Phi) is 12.8. The smallest absolute Gasteiger partial charge is 0.100 e. The van der Waals surface area contributed by atoms with Gasteiger partial charge < -0.3 is 9.80 Å². The van der Waals surface area contributed by atoms with Crippen LogP contribution in [0.4, 0.5) is 22.7 Å². The van der Waals surface area contributed by atoms with Crippen LogP contribution in [0.15, 0.2) is 267 Å². The van der Waals surface area contributed by atoms with Crippen LogP contribution in [-0.4, -0.2) is 16.6 Å². The minimum absolute atomic E-state index is 0.770. The van der Waals surface area contributed by atoms with E-state index in [0.717, 1.165) is 60.4 Å². The van der Waals surface area contributed by atoms with E-state index < -0.39 is 0 Å². The van der Waals surface area contributed by atoms with Gasteiger partial charge in [-0.15, -0.1) is 0 Å². The fourth-order valence-corrected chi connectivity index (χ4v) is 10.3. The number of rotatable bonds is 14. The van der Waals surface area contributed by atoms with E-state index in [-0.39, 0.29) is 0 Å². The minimum atomic E-state index is 0.770. The van der Waals surface area contributed by atoms with Crippen molar-refractivity contribution in [2.45, 2.75) is 25.7 Å². The molecule has 0 atom stereocenters. The summed E-state index contributed by atoms with van der Waals surface area (Å²) in [4.78, 5) is 14.7. The van der Waals surface area contributed by atoms with E-state index in [1.165, 1.54) is 83.9 Å². The highest BCUT2D eigenvalue weighted by Crippen LogP contribution is 2.44. The van der Waals surface area contributed by atoms with Crippen molar-refractivity contribution < 1.29 is 0 Å².